The van der Waals surface area contributed by atoms with Crippen molar-refractivity contribution < 1.29 is 13.9 Å². The number of para-hydroxylation sites is 1. The fourth-order valence-corrected chi connectivity index (χ4v) is 5.21. The first-order valence-electron chi connectivity index (χ1n) is 11.6. The highest BCUT2D eigenvalue weighted by atomic mass is 32.2. The predicted molar refractivity (Wildman–Crippen MR) is 134 cm³/mol. The number of oxazole rings is 1. The molecule has 5 aromatic rings. The van der Waals surface area contributed by atoms with Gasteiger partial charge >= 0.3 is 0 Å². The SMILES string of the molecule is COc1ccc(-c2nc(CSc3nnc(-c4c[nH]c5ccccc45)n3CC3CCCO3)co2)cc1. The van der Waals surface area contributed by atoms with E-state index in [1.54, 1.807) is 25.1 Å². The topological polar surface area (TPSA) is 91.0 Å². The monoisotopic (exact) mass is 487 g/mol. The number of aromatic nitrogens is 5. The normalized spacial score (nSPS) is 15.7. The lowest BCUT2D eigenvalue weighted by atomic mass is 10.1. The molecule has 1 aliphatic heterocycles. The summed E-state index contributed by atoms with van der Waals surface area (Å²) < 4.78 is 19.1. The predicted octanol–water partition coefficient (Wildman–Crippen LogP) is 5.56. The average Bonchev–Trinajstić information content (AvgIpc) is 3.70. The number of H-pyrrole nitrogens is 1. The lowest BCUT2D eigenvalue weighted by molar-refractivity contribution is 0.0953. The fraction of sp³-hybridized carbons (Fsp3) is 0.269. The fourth-order valence-electron chi connectivity index (χ4n) is 4.39. The molecule has 2 aromatic carbocycles. The van der Waals surface area contributed by atoms with Crippen LogP contribution in [0.15, 0.2) is 70.6 Å². The third-order valence-corrected chi connectivity index (χ3v) is 7.20. The van der Waals surface area contributed by atoms with Gasteiger partial charge in [0.1, 0.15) is 12.0 Å². The number of nitrogens with one attached hydrogen (secondary N) is 1. The molecule has 35 heavy (non-hydrogen) atoms. The lowest BCUT2D eigenvalue weighted by Crippen LogP contribution is -2.16. The number of benzene rings is 2. The maximum Gasteiger partial charge on any atom is 0.226 e. The molecule has 1 unspecified atom stereocenters. The molecule has 1 aliphatic rings. The van der Waals surface area contributed by atoms with Crippen LogP contribution in [0.3, 0.4) is 0 Å². The van der Waals surface area contributed by atoms with Crippen LogP contribution in [0.25, 0.3) is 33.7 Å². The number of fused-ring (bicyclic) bond motifs is 1. The molecule has 1 saturated heterocycles. The van der Waals surface area contributed by atoms with E-state index >= 15 is 0 Å². The first-order valence-corrected chi connectivity index (χ1v) is 12.6. The molecule has 9 heteroatoms. The van der Waals surface area contributed by atoms with Crippen LogP contribution in [0.2, 0.25) is 0 Å². The Morgan fingerprint density at radius 2 is 2.03 bits per heavy atom. The first kappa shape index (κ1) is 21.9. The van der Waals surface area contributed by atoms with Gasteiger partial charge in [-0.2, -0.15) is 0 Å². The quantitative estimate of drug-likeness (QED) is 0.287. The molecule has 1 atom stereocenters. The lowest BCUT2D eigenvalue weighted by Gasteiger charge is -2.14. The van der Waals surface area contributed by atoms with Crippen LogP contribution in [0.1, 0.15) is 18.5 Å². The Balaban J connectivity index is 1.25. The molecule has 0 bridgehead atoms. The Kier molecular flexibility index (Phi) is 6.01. The Bertz CT molecular complexity index is 1430. The van der Waals surface area contributed by atoms with Crippen LogP contribution in [-0.4, -0.2) is 44.6 Å². The summed E-state index contributed by atoms with van der Waals surface area (Å²) in [5, 5.41) is 11.1. The summed E-state index contributed by atoms with van der Waals surface area (Å²) >= 11 is 1.60. The highest BCUT2D eigenvalue weighted by Gasteiger charge is 2.23. The van der Waals surface area contributed by atoms with Crippen LogP contribution in [0.5, 0.6) is 5.75 Å². The van der Waals surface area contributed by atoms with E-state index in [1.165, 1.54) is 0 Å². The molecule has 0 radical (unpaired) electrons. The summed E-state index contributed by atoms with van der Waals surface area (Å²) in [4.78, 5) is 8.02. The zero-order valence-corrected chi connectivity index (χ0v) is 20.1. The van der Waals surface area contributed by atoms with Gasteiger partial charge in [0.2, 0.25) is 5.89 Å². The third-order valence-electron chi connectivity index (χ3n) is 6.20. The minimum absolute atomic E-state index is 0.169. The molecule has 6 rings (SSSR count). The first-order chi connectivity index (χ1) is 17.3. The van der Waals surface area contributed by atoms with E-state index in [-0.39, 0.29) is 6.10 Å². The van der Waals surface area contributed by atoms with E-state index in [2.05, 4.69) is 36.9 Å². The minimum atomic E-state index is 0.169. The summed E-state index contributed by atoms with van der Waals surface area (Å²) in [5.74, 6) is 2.85. The Morgan fingerprint density at radius 1 is 1.14 bits per heavy atom. The number of hydrogen-bond acceptors (Lipinski definition) is 7. The van der Waals surface area contributed by atoms with Crippen molar-refractivity contribution >= 4 is 22.7 Å². The number of rotatable bonds is 8. The number of methoxy groups -OCH3 is 1. The largest absolute Gasteiger partial charge is 0.497 e. The number of nitrogens with zero attached hydrogens (tertiary/aromatic N) is 4. The number of ether oxygens (including phenoxy) is 2. The molecular weight excluding hydrogens is 462 g/mol. The van der Waals surface area contributed by atoms with Crippen LogP contribution in [0, 0.1) is 0 Å². The maximum atomic E-state index is 5.94. The number of aromatic amines is 1. The van der Waals surface area contributed by atoms with Gasteiger partial charge in [0.15, 0.2) is 11.0 Å². The van der Waals surface area contributed by atoms with Gasteiger partial charge in [0, 0.05) is 40.6 Å². The highest BCUT2D eigenvalue weighted by molar-refractivity contribution is 7.98. The molecular formula is C26H25N5O3S. The van der Waals surface area contributed by atoms with Crippen molar-refractivity contribution in [2.24, 2.45) is 0 Å². The smallest absolute Gasteiger partial charge is 0.226 e. The molecule has 0 amide bonds. The molecule has 0 spiro atoms. The van der Waals surface area contributed by atoms with Crippen molar-refractivity contribution in [1.29, 1.82) is 0 Å². The van der Waals surface area contributed by atoms with Crippen LogP contribution >= 0.6 is 11.8 Å². The Hall–Kier alpha value is -3.56. The molecule has 0 aliphatic carbocycles. The van der Waals surface area contributed by atoms with Gasteiger partial charge in [0.05, 0.1) is 25.5 Å². The molecule has 4 heterocycles. The van der Waals surface area contributed by atoms with Crippen molar-refractivity contribution in [3.63, 3.8) is 0 Å². The van der Waals surface area contributed by atoms with Crippen LogP contribution < -0.4 is 4.74 Å². The van der Waals surface area contributed by atoms with Gasteiger partial charge in [-0.3, -0.25) is 4.57 Å². The second-order valence-electron chi connectivity index (χ2n) is 8.46. The van der Waals surface area contributed by atoms with E-state index < -0.39 is 0 Å². The summed E-state index contributed by atoms with van der Waals surface area (Å²) in [6, 6.07) is 15.9. The third kappa shape index (κ3) is 4.44. The van der Waals surface area contributed by atoms with Gasteiger partial charge in [-0.05, 0) is 43.2 Å². The van der Waals surface area contributed by atoms with Crippen molar-refractivity contribution in [3.8, 4) is 28.6 Å². The van der Waals surface area contributed by atoms with Crippen molar-refractivity contribution in [1.82, 2.24) is 24.7 Å². The minimum Gasteiger partial charge on any atom is -0.497 e. The standard InChI is InChI=1S/C26H25N5O3S/c1-32-19-10-8-17(9-11-19)25-28-18(15-34-25)16-35-26-30-29-24(31(26)14-20-5-4-12-33-20)22-13-27-23-7-3-2-6-21(22)23/h2-3,6-11,13,15,20,27H,4-5,12,14,16H2,1H3. The summed E-state index contributed by atoms with van der Waals surface area (Å²) in [6.07, 6.45) is 6.01. The summed E-state index contributed by atoms with van der Waals surface area (Å²) in [6.45, 7) is 1.53. The average molecular weight is 488 g/mol. The van der Waals surface area contributed by atoms with Crippen LogP contribution in [-0.2, 0) is 17.0 Å². The molecule has 8 nitrogen and oxygen atoms in total. The Labute approximate surface area is 206 Å². The van der Waals surface area contributed by atoms with Gasteiger partial charge in [-0.1, -0.05) is 30.0 Å². The molecule has 0 saturated carbocycles. The maximum absolute atomic E-state index is 5.94. The number of thioether (sulfide) groups is 1. The molecule has 3 aromatic heterocycles. The Morgan fingerprint density at radius 3 is 2.86 bits per heavy atom. The highest BCUT2D eigenvalue weighted by Crippen LogP contribution is 2.32. The van der Waals surface area contributed by atoms with Crippen molar-refractivity contribution in [3.05, 3.63) is 66.7 Å². The van der Waals surface area contributed by atoms with Gasteiger partial charge < -0.3 is 18.9 Å². The second-order valence-corrected chi connectivity index (χ2v) is 9.40. The van der Waals surface area contributed by atoms with E-state index in [1.807, 2.05) is 42.6 Å². The summed E-state index contributed by atoms with van der Waals surface area (Å²) in [7, 11) is 1.65. The van der Waals surface area contributed by atoms with E-state index in [0.29, 0.717) is 11.6 Å². The van der Waals surface area contributed by atoms with E-state index in [0.717, 1.165) is 70.4 Å². The molecule has 1 fully saturated rings. The van der Waals surface area contributed by atoms with Gasteiger partial charge in [0.25, 0.3) is 0 Å². The zero-order valence-electron chi connectivity index (χ0n) is 19.3. The van der Waals surface area contributed by atoms with Crippen molar-refractivity contribution in [2.45, 2.75) is 36.4 Å². The summed E-state index contributed by atoms with van der Waals surface area (Å²) in [5.41, 5.74) is 3.88. The van der Waals surface area contributed by atoms with E-state index in [9.17, 15) is 0 Å². The van der Waals surface area contributed by atoms with Gasteiger partial charge in [-0.15, -0.1) is 10.2 Å². The van der Waals surface area contributed by atoms with Gasteiger partial charge in [-0.25, -0.2) is 4.98 Å². The molecule has 178 valence electrons. The molecule has 1 N–H and O–H groups in total. The van der Waals surface area contributed by atoms with E-state index in [4.69, 9.17) is 13.9 Å². The zero-order chi connectivity index (χ0) is 23.6. The van der Waals surface area contributed by atoms with Crippen molar-refractivity contribution in [2.75, 3.05) is 13.7 Å². The van der Waals surface area contributed by atoms with Crippen LogP contribution in [0.4, 0.5) is 0 Å². The number of hydrogen-bond donors (Lipinski definition) is 1. The second kappa shape index (κ2) is 9.59.